The summed E-state index contributed by atoms with van der Waals surface area (Å²) in [5.41, 5.74) is 0. The Morgan fingerprint density at radius 1 is 0.443 bits per heavy atom. The van der Waals surface area contributed by atoms with Gasteiger partial charge < -0.3 is 18.9 Å². The number of carbonyl (C=O) groups excluding carboxylic acids is 2. The van der Waals surface area contributed by atoms with Crippen molar-refractivity contribution in [1.29, 1.82) is 0 Å². The standard InChI is InChI=1S/C51H102NO8P/c1-6-8-10-12-14-16-18-20-21-22-23-24-25-26-27-28-29-30-32-34-36-38-40-42-44-51(54)60-49(48-59-61(55,56)58-46-45-52(3,4)5)47-57-50(53)43-41-39-37-35-33-31-19-17-15-13-11-9-7-2/h49H,6-48H2,1-5H3/p+1. The Balaban J connectivity index is 4.12. The van der Waals surface area contributed by atoms with Gasteiger partial charge in [-0.25, -0.2) is 4.57 Å². The lowest BCUT2D eigenvalue weighted by Crippen LogP contribution is -2.37. The molecule has 2 unspecified atom stereocenters. The zero-order valence-corrected chi connectivity index (χ0v) is 42.1. The van der Waals surface area contributed by atoms with Gasteiger partial charge in [-0.05, 0) is 12.8 Å². The van der Waals surface area contributed by atoms with Crippen molar-refractivity contribution in [2.45, 2.75) is 270 Å². The first-order valence-electron chi connectivity index (χ1n) is 26.3. The molecule has 0 aliphatic rings. The van der Waals surface area contributed by atoms with Gasteiger partial charge in [0.05, 0.1) is 27.7 Å². The molecule has 0 aliphatic heterocycles. The van der Waals surface area contributed by atoms with Gasteiger partial charge in [-0.15, -0.1) is 0 Å². The van der Waals surface area contributed by atoms with E-state index in [-0.39, 0.29) is 25.6 Å². The molecular weight excluding hydrogens is 786 g/mol. The normalized spacial score (nSPS) is 13.3. The second-order valence-corrected chi connectivity index (χ2v) is 20.7. The molecule has 0 aromatic carbocycles. The molecule has 364 valence electrons. The minimum absolute atomic E-state index is 0.0371. The van der Waals surface area contributed by atoms with Gasteiger partial charge in [-0.1, -0.05) is 239 Å². The Morgan fingerprint density at radius 2 is 0.738 bits per heavy atom. The fourth-order valence-electron chi connectivity index (χ4n) is 7.78. The maximum Gasteiger partial charge on any atom is 0.472 e. The van der Waals surface area contributed by atoms with E-state index in [1.165, 1.54) is 199 Å². The van der Waals surface area contributed by atoms with E-state index in [4.69, 9.17) is 18.5 Å². The van der Waals surface area contributed by atoms with Crippen LogP contribution in [0.15, 0.2) is 0 Å². The van der Waals surface area contributed by atoms with Gasteiger partial charge in [-0.2, -0.15) is 0 Å². The summed E-state index contributed by atoms with van der Waals surface area (Å²) in [6.45, 7) is 4.48. The third kappa shape index (κ3) is 48.3. The number of hydrogen-bond acceptors (Lipinski definition) is 7. The second-order valence-electron chi connectivity index (χ2n) is 19.3. The lowest BCUT2D eigenvalue weighted by Gasteiger charge is -2.24. The number of nitrogens with zero attached hydrogens (tertiary/aromatic N) is 1. The lowest BCUT2D eigenvalue weighted by atomic mass is 10.0. The minimum atomic E-state index is -4.37. The largest absolute Gasteiger partial charge is 0.472 e. The average molecular weight is 889 g/mol. The summed E-state index contributed by atoms with van der Waals surface area (Å²) < 4.78 is 34.5. The first kappa shape index (κ1) is 60.0. The fraction of sp³-hybridized carbons (Fsp3) is 0.961. The monoisotopic (exact) mass is 889 g/mol. The van der Waals surface area contributed by atoms with Gasteiger partial charge in [0.2, 0.25) is 0 Å². The van der Waals surface area contributed by atoms with Crippen molar-refractivity contribution in [2.75, 3.05) is 47.5 Å². The van der Waals surface area contributed by atoms with Crippen LogP contribution in [0.3, 0.4) is 0 Å². The van der Waals surface area contributed by atoms with E-state index < -0.39 is 26.5 Å². The number of quaternary nitrogens is 1. The number of unbranched alkanes of at least 4 members (excludes halogenated alkanes) is 35. The molecule has 10 heteroatoms. The molecule has 0 amide bonds. The number of phosphoric ester groups is 1. The molecule has 0 aliphatic carbocycles. The molecule has 61 heavy (non-hydrogen) atoms. The van der Waals surface area contributed by atoms with Crippen molar-refractivity contribution in [3.63, 3.8) is 0 Å². The van der Waals surface area contributed by atoms with Crippen molar-refractivity contribution in [1.82, 2.24) is 0 Å². The average Bonchev–Trinajstić information content (AvgIpc) is 3.21. The summed E-state index contributed by atoms with van der Waals surface area (Å²) in [6, 6.07) is 0. The van der Waals surface area contributed by atoms with E-state index in [0.29, 0.717) is 17.4 Å². The second kappa shape index (κ2) is 44.2. The van der Waals surface area contributed by atoms with Crippen molar-refractivity contribution >= 4 is 19.8 Å². The predicted molar refractivity (Wildman–Crippen MR) is 257 cm³/mol. The topological polar surface area (TPSA) is 108 Å². The van der Waals surface area contributed by atoms with Gasteiger partial charge in [-0.3, -0.25) is 18.6 Å². The summed E-state index contributed by atoms with van der Waals surface area (Å²) in [5.74, 6) is -0.779. The van der Waals surface area contributed by atoms with Gasteiger partial charge >= 0.3 is 19.8 Å². The Kier molecular flexibility index (Phi) is 43.5. The smallest absolute Gasteiger partial charge is 0.462 e. The number of likely N-dealkylation sites (N-methyl/N-ethyl adjacent to an activating group) is 1. The van der Waals surface area contributed by atoms with Crippen LogP contribution in [0.25, 0.3) is 0 Å². The molecule has 9 nitrogen and oxygen atoms in total. The third-order valence-corrected chi connectivity index (χ3v) is 12.9. The van der Waals surface area contributed by atoms with Crippen LogP contribution in [-0.4, -0.2) is 74.9 Å². The molecule has 0 heterocycles. The Morgan fingerprint density at radius 3 is 1.05 bits per heavy atom. The molecule has 2 atom stereocenters. The molecule has 0 fully saturated rings. The first-order valence-corrected chi connectivity index (χ1v) is 27.8. The Bertz CT molecular complexity index is 1010. The quantitative estimate of drug-likeness (QED) is 0.0278. The fourth-order valence-corrected chi connectivity index (χ4v) is 8.52. The number of phosphoric acid groups is 1. The molecule has 1 N–H and O–H groups in total. The highest BCUT2D eigenvalue weighted by molar-refractivity contribution is 7.47. The maximum absolute atomic E-state index is 12.8. The van der Waals surface area contributed by atoms with Crippen LogP contribution >= 0.6 is 7.82 Å². The zero-order valence-electron chi connectivity index (χ0n) is 41.2. The molecule has 0 aromatic heterocycles. The molecule has 0 aromatic rings. The van der Waals surface area contributed by atoms with Crippen molar-refractivity contribution in [3.8, 4) is 0 Å². The summed E-state index contributed by atoms with van der Waals surface area (Å²) in [4.78, 5) is 35.5. The third-order valence-electron chi connectivity index (χ3n) is 11.9. The Hall–Kier alpha value is -0.990. The molecule has 0 saturated heterocycles. The number of hydrogen-bond donors (Lipinski definition) is 1. The van der Waals surface area contributed by atoms with Crippen LogP contribution in [0.1, 0.15) is 264 Å². The highest BCUT2D eigenvalue weighted by Crippen LogP contribution is 2.43. The van der Waals surface area contributed by atoms with Crippen LogP contribution in [0.2, 0.25) is 0 Å². The van der Waals surface area contributed by atoms with E-state index >= 15 is 0 Å². The maximum atomic E-state index is 12.8. The minimum Gasteiger partial charge on any atom is -0.462 e. The van der Waals surface area contributed by atoms with Gasteiger partial charge in [0.1, 0.15) is 19.8 Å². The van der Waals surface area contributed by atoms with Gasteiger partial charge in [0.15, 0.2) is 6.10 Å². The van der Waals surface area contributed by atoms with E-state index in [2.05, 4.69) is 13.8 Å². The SMILES string of the molecule is CCCCCCCCCCCCCCCCCCCCCCCCCCC(=O)OC(COC(=O)CCCCCCCCCCCCCCC)COP(=O)(O)OCC[N+](C)(C)C. The number of rotatable bonds is 49. The first-order chi connectivity index (χ1) is 29.5. The number of ether oxygens (including phenoxy) is 2. The van der Waals surface area contributed by atoms with Crippen LogP contribution in [0.5, 0.6) is 0 Å². The predicted octanol–water partition coefficient (Wildman–Crippen LogP) is 15.5. The van der Waals surface area contributed by atoms with E-state index in [1.54, 1.807) is 0 Å². The lowest BCUT2D eigenvalue weighted by molar-refractivity contribution is -0.870. The molecule has 0 spiro atoms. The summed E-state index contributed by atoms with van der Waals surface area (Å²) in [6.07, 6.45) is 47.3. The Labute approximate surface area is 378 Å². The molecule has 0 saturated carbocycles. The van der Waals surface area contributed by atoms with Crippen molar-refractivity contribution < 1.29 is 42.1 Å². The van der Waals surface area contributed by atoms with Crippen LogP contribution in [0, 0.1) is 0 Å². The number of carbonyl (C=O) groups is 2. The van der Waals surface area contributed by atoms with E-state index in [0.717, 1.165) is 38.5 Å². The highest BCUT2D eigenvalue weighted by Gasteiger charge is 2.27. The van der Waals surface area contributed by atoms with Gasteiger partial charge in [0.25, 0.3) is 0 Å². The van der Waals surface area contributed by atoms with Crippen molar-refractivity contribution in [2.24, 2.45) is 0 Å². The zero-order chi connectivity index (χ0) is 45.0. The number of esters is 2. The van der Waals surface area contributed by atoms with E-state index in [1.807, 2.05) is 21.1 Å². The van der Waals surface area contributed by atoms with E-state index in [9.17, 15) is 19.0 Å². The molecule has 0 rings (SSSR count). The molecular formula is C51H103NO8P+. The van der Waals surface area contributed by atoms with Gasteiger partial charge in [0, 0.05) is 12.8 Å². The highest BCUT2D eigenvalue weighted by atomic mass is 31.2. The summed E-state index contributed by atoms with van der Waals surface area (Å²) in [7, 11) is 1.50. The van der Waals surface area contributed by atoms with Crippen molar-refractivity contribution in [3.05, 3.63) is 0 Å². The van der Waals surface area contributed by atoms with Crippen LogP contribution in [0.4, 0.5) is 0 Å². The molecule has 0 radical (unpaired) electrons. The van der Waals surface area contributed by atoms with Crippen LogP contribution < -0.4 is 0 Å². The summed E-state index contributed by atoms with van der Waals surface area (Å²) in [5, 5.41) is 0. The summed E-state index contributed by atoms with van der Waals surface area (Å²) >= 11 is 0. The molecule has 0 bridgehead atoms. The van der Waals surface area contributed by atoms with Crippen LogP contribution in [-0.2, 0) is 32.7 Å².